The third-order valence-electron chi connectivity index (χ3n) is 6.04. The number of carbonyl (C=O) groups excluding carboxylic acids is 1. The summed E-state index contributed by atoms with van der Waals surface area (Å²) in [6.45, 7) is 0.705. The van der Waals surface area contributed by atoms with E-state index in [0.29, 0.717) is 6.54 Å². The Bertz CT molecular complexity index is 1190. The molecule has 0 bridgehead atoms. The van der Waals surface area contributed by atoms with Gasteiger partial charge in [0.2, 0.25) is 0 Å². The highest BCUT2D eigenvalue weighted by Gasteiger charge is 2.45. The second-order valence-electron chi connectivity index (χ2n) is 7.41. The highest BCUT2D eigenvalue weighted by atomic mass is 16.2. The summed E-state index contributed by atoms with van der Waals surface area (Å²) in [5.41, 5.74) is 6.84. The summed E-state index contributed by atoms with van der Waals surface area (Å²) in [5, 5.41) is 1.26. The Morgan fingerprint density at radius 2 is 1.59 bits per heavy atom. The molecule has 3 heteroatoms. The Labute approximate surface area is 157 Å². The number of rotatable bonds is 1. The van der Waals surface area contributed by atoms with E-state index < -0.39 is 0 Å². The van der Waals surface area contributed by atoms with Gasteiger partial charge in [-0.1, -0.05) is 66.7 Å². The summed E-state index contributed by atoms with van der Waals surface area (Å²) in [7, 11) is 0. The second kappa shape index (κ2) is 5.34. The van der Waals surface area contributed by atoms with Crippen LogP contribution in [0.5, 0.6) is 0 Å². The molecule has 0 unspecified atom stereocenters. The van der Waals surface area contributed by atoms with Crippen molar-refractivity contribution in [2.24, 2.45) is 0 Å². The molecule has 3 nitrogen and oxygen atoms in total. The van der Waals surface area contributed by atoms with Crippen molar-refractivity contribution >= 4 is 16.8 Å². The van der Waals surface area contributed by atoms with E-state index in [1.54, 1.807) is 0 Å². The fourth-order valence-corrected chi connectivity index (χ4v) is 4.89. The number of hydrogen-bond donors (Lipinski definition) is 1. The summed E-state index contributed by atoms with van der Waals surface area (Å²) < 4.78 is 0. The number of nitrogens with one attached hydrogen (secondary N) is 1. The zero-order valence-corrected chi connectivity index (χ0v) is 14.7. The molecule has 4 aromatic rings. The molecule has 2 aliphatic heterocycles. The molecule has 6 rings (SSSR count). The van der Waals surface area contributed by atoms with Crippen LogP contribution < -0.4 is 0 Å². The molecule has 0 radical (unpaired) electrons. The third kappa shape index (κ3) is 1.94. The molecule has 0 aliphatic carbocycles. The zero-order chi connectivity index (χ0) is 18.0. The minimum absolute atomic E-state index is 0.0175. The van der Waals surface area contributed by atoms with Gasteiger partial charge in [-0.25, -0.2) is 0 Å². The van der Waals surface area contributed by atoms with Gasteiger partial charge in [0.1, 0.15) is 0 Å². The Kier molecular flexibility index (Phi) is 2.92. The van der Waals surface area contributed by atoms with Crippen LogP contribution in [0.15, 0.2) is 78.9 Å². The van der Waals surface area contributed by atoms with Crippen LogP contribution in [0.3, 0.4) is 0 Å². The number of carbonyl (C=O) groups is 1. The van der Waals surface area contributed by atoms with Gasteiger partial charge < -0.3 is 9.88 Å². The zero-order valence-electron chi connectivity index (χ0n) is 14.7. The van der Waals surface area contributed by atoms with Crippen molar-refractivity contribution < 1.29 is 4.79 Å². The molecule has 1 amide bonds. The summed E-state index contributed by atoms with van der Waals surface area (Å²) in [6, 6.07) is 27.0. The molecule has 0 saturated heterocycles. The van der Waals surface area contributed by atoms with Crippen LogP contribution in [0.2, 0.25) is 0 Å². The number of nitrogens with zero attached hydrogens (tertiary/aromatic N) is 1. The summed E-state index contributed by atoms with van der Waals surface area (Å²) in [4.78, 5) is 18.8. The minimum Gasteiger partial charge on any atom is -0.356 e. The Hall–Kier alpha value is -3.33. The lowest BCUT2D eigenvalue weighted by molar-refractivity contribution is 0.0727. The molecular weight excluding hydrogens is 332 g/mol. The van der Waals surface area contributed by atoms with Crippen LogP contribution in [0.25, 0.3) is 10.9 Å². The molecule has 2 atom stereocenters. The van der Waals surface area contributed by atoms with Gasteiger partial charge in [-0.2, -0.15) is 0 Å². The number of aromatic nitrogens is 1. The van der Waals surface area contributed by atoms with Gasteiger partial charge in [-0.05, 0) is 28.8 Å². The molecule has 0 spiro atoms. The van der Waals surface area contributed by atoms with Crippen LogP contribution in [0.4, 0.5) is 0 Å². The van der Waals surface area contributed by atoms with Crippen molar-refractivity contribution in [3.8, 4) is 0 Å². The minimum atomic E-state index is -0.0175. The van der Waals surface area contributed by atoms with Gasteiger partial charge >= 0.3 is 0 Å². The van der Waals surface area contributed by atoms with E-state index in [1.165, 1.54) is 16.5 Å². The summed E-state index contributed by atoms with van der Waals surface area (Å²) >= 11 is 0. The number of benzene rings is 3. The van der Waals surface area contributed by atoms with Crippen molar-refractivity contribution in [2.75, 3.05) is 6.54 Å². The molecule has 1 aromatic heterocycles. The first-order chi connectivity index (χ1) is 13.3. The predicted molar refractivity (Wildman–Crippen MR) is 106 cm³/mol. The largest absolute Gasteiger partial charge is 0.356 e. The smallest absolute Gasteiger partial charge is 0.255 e. The van der Waals surface area contributed by atoms with Crippen molar-refractivity contribution in [3.05, 3.63) is 107 Å². The van der Waals surface area contributed by atoms with E-state index in [1.807, 2.05) is 29.2 Å². The SMILES string of the molecule is O=C1c2ccccc2[C@@H]2c3[nH]c4ccccc4c3[C@@H](c3ccccc3)CN12. The quantitative estimate of drug-likeness (QED) is 0.523. The lowest BCUT2D eigenvalue weighted by Gasteiger charge is -2.36. The fraction of sp³-hybridized carbons (Fsp3) is 0.125. The Morgan fingerprint density at radius 3 is 2.48 bits per heavy atom. The highest BCUT2D eigenvalue weighted by Crippen LogP contribution is 2.49. The monoisotopic (exact) mass is 350 g/mol. The standard InChI is InChI=1S/C24H18N2O/c27-24-17-11-5-4-10-16(17)23-22-21(18-12-6-7-13-20(18)25-22)19(14-26(23)24)15-8-2-1-3-9-15/h1-13,19,23,25H,14H2/t19-,23-/m1/s1. The van der Waals surface area contributed by atoms with Crippen LogP contribution in [-0.2, 0) is 0 Å². The first kappa shape index (κ1) is 14.8. The van der Waals surface area contributed by atoms with E-state index >= 15 is 0 Å². The normalized spacial score (nSPS) is 20.4. The average molecular weight is 350 g/mol. The van der Waals surface area contributed by atoms with Gasteiger partial charge in [0, 0.05) is 34.6 Å². The molecule has 3 heterocycles. The molecule has 0 fully saturated rings. The van der Waals surface area contributed by atoms with Gasteiger partial charge in [-0.15, -0.1) is 0 Å². The first-order valence-corrected chi connectivity index (χ1v) is 9.38. The van der Waals surface area contributed by atoms with E-state index in [4.69, 9.17) is 0 Å². The number of hydrogen-bond acceptors (Lipinski definition) is 1. The number of H-pyrrole nitrogens is 1. The summed E-state index contributed by atoms with van der Waals surface area (Å²) in [6.07, 6.45) is 0. The van der Waals surface area contributed by atoms with Gasteiger partial charge in [-0.3, -0.25) is 4.79 Å². The molecular formula is C24H18N2O. The van der Waals surface area contributed by atoms with Crippen LogP contribution in [-0.4, -0.2) is 22.3 Å². The van der Waals surface area contributed by atoms with Crippen molar-refractivity contribution in [1.29, 1.82) is 0 Å². The van der Waals surface area contributed by atoms with Gasteiger partial charge in [0.15, 0.2) is 0 Å². The molecule has 2 aliphatic rings. The number of aromatic amines is 1. The van der Waals surface area contributed by atoms with Crippen molar-refractivity contribution in [1.82, 2.24) is 9.88 Å². The topological polar surface area (TPSA) is 36.1 Å². The summed E-state index contributed by atoms with van der Waals surface area (Å²) in [5.74, 6) is 0.313. The van der Waals surface area contributed by atoms with Gasteiger partial charge in [0.25, 0.3) is 5.91 Å². The maximum atomic E-state index is 13.1. The number of para-hydroxylation sites is 1. The second-order valence-corrected chi connectivity index (χ2v) is 7.41. The Morgan fingerprint density at radius 1 is 0.852 bits per heavy atom. The molecule has 1 N–H and O–H groups in total. The van der Waals surface area contributed by atoms with Crippen LogP contribution in [0.1, 0.15) is 44.7 Å². The van der Waals surface area contributed by atoms with Gasteiger partial charge in [0.05, 0.1) is 6.04 Å². The Balaban J connectivity index is 1.66. The highest BCUT2D eigenvalue weighted by molar-refractivity contribution is 6.01. The predicted octanol–water partition coefficient (Wildman–Crippen LogP) is 4.86. The molecule has 27 heavy (non-hydrogen) atoms. The third-order valence-corrected chi connectivity index (χ3v) is 6.04. The first-order valence-electron chi connectivity index (χ1n) is 9.38. The van der Waals surface area contributed by atoms with Crippen molar-refractivity contribution in [3.63, 3.8) is 0 Å². The maximum Gasteiger partial charge on any atom is 0.255 e. The molecule has 3 aromatic carbocycles. The fourth-order valence-electron chi connectivity index (χ4n) is 4.89. The van der Waals surface area contributed by atoms with E-state index in [0.717, 1.165) is 22.3 Å². The lowest BCUT2D eigenvalue weighted by atomic mass is 9.83. The van der Waals surface area contributed by atoms with E-state index in [9.17, 15) is 4.79 Å². The number of amides is 1. The average Bonchev–Trinajstić information content (AvgIpc) is 3.25. The van der Waals surface area contributed by atoms with Crippen LogP contribution >= 0.6 is 0 Å². The lowest BCUT2D eigenvalue weighted by Crippen LogP contribution is -2.37. The van der Waals surface area contributed by atoms with E-state index in [2.05, 4.69) is 59.6 Å². The molecule has 0 saturated carbocycles. The van der Waals surface area contributed by atoms with Crippen molar-refractivity contribution in [2.45, 2.75) is 12.0 Å². The number of fused-ring (bicyclic) bond motifs is 7. The maximum absolute atomic E-state index is 13.1. The van der Waals surface area contributed by atoms with E-state index in [-0.39, 0.29) is 17.9 Å². The van der Waals surface area contributed by atoms with Crippen LogP contribution in [0, 0.1) is 0 Å². The molecule has 130 valence electrons.